The van der Waals surface area contributed by atoms with E-state index in [-0.39, 0.29) is 25.0 Å². The van der Waals surface area contributed by atoms with Gasteiger partial charge in [-0.25, -0.2) is 4.79 Å². The van der Waals surface area contributed by atoms with Crippen molar-refractivity contribution in [1.29, 1.82) is 0 Å². The van der Waals surface area contributed by atoms with Crippen molar-refractivity contribution >= 4 is 6.03 Å². The van der Waals surface area contributed by atoms with Gasteiger partial charge in [-0.05, 0) is 31.5 Å². The number of rotatable bonds is 2. The molecule has 114 valence electrons. The van der Waals surface area contributed by atoms with Crippen molar-refractivity contribution < 1.29 is 19.0 Å². The Morgan fingerprint density at radius 2 is 2.14 bits per heavy atom. The lowest BCUT2D eigenvalue weighted by molar-refractivity contribution is -0.0318. The Labute approximate surface area is 124 Å². The number of carbonyl (C=O) groups excluding carboxylic acids is 1. The van der Waals surface area contributed by atoms with Crippen molar-refractivity contribution in [3.63, 3.8) is 0 Å². The molecule has 2 aliphatic rings. The van der Waals surface area contributed by atoms with E-state index < -0.39 is 0 Å². The van der Waals surface area contributed by atoms with Crippen molar-refractivity contribution in [2.75, 3.05) is 19.9 Å². The number of nitrogens with zero attached hydrogens (tertiary/aromatic N) is 1. The van der Waals surface area contributed by atoms with Crippen LogP contribution in [-0.2, 0) is 11.3 Å². The molecule has 0 bridgehead atoms. The molecule has 6 nitrogen and oxygen atoms in total. The second-order valence-corrected chi connectivity index (χ2v) is 5.49. The number of hydrogen-bond donors (Lipinski definition) is 1. The summed E-state index contributed by atoms with van der Waals surface area (Å²) in [6, 6.07) is 5.73. The van der Waals surface area contributed by atoms with Gasteiger partial charge in [0.2, 0.25) is 6.79 Å². The van der Waals surface area contributed by atoms with Gasteiger partial charge < -0.3 is 24.4 Å². The molecular formula is C15H20N2O4. The maximum atomic E-state index is 12.3. The second-order valence-electron chi connectivity index (χ2n) is 5.49. The highest BCUT2D eigenvalue weighted by Gasteiger charge is 2.27. The first-order valence-corrected chi connectivity index (χ1v) is 7.18. The van der Waals surface area contributed by atoms with Crippen LogP contribution in [0.3, 0.4) is 0 Å². The molecule has 3 rings (SSSR count). The first-order chi connectivity index (χ1) is 10.1. The number of benzene rings is 1. The number of carbonyl (C=O) groups is 1. The summed E-state index contributed by atoms with van der Waals surface area (Å²) in [6.07, 6.45) is 0.0810. The molecule has 0 spiro atoms. The normalized spacial score (nSPS) is 24.0. The van der Waals surface area contributed by atoms with Crippen LogP contribution >= 0.6 is 0 Å². The summed E-state index contributed by atoms with van der Waals surface area (Å²) < 4.78 is 16.1. The molecule has 0 aliphatic carbocycles. The van der Waals surface area contributed by atoms with E-state index >= 15 is 0 Å². The summed E-state index contributed by atoms with van der Waals surface area (Å²) in [5, 5.41) is 2.95. The van der Waals surface area contributed by atoms with Gasteiger partial charge in [0.05, 0.1) is 18.8 Å². The van der Waals surface area contributed by atoms with Crippen molar-refractivity contribution in [3.8, 4) is 11.5 Å². The highest BCUT2D eigenvalue weighted by Crippen LogP contribution is 2.32. The van der Waals surface area contributed by atoms with E-state index in [0.717, 1.165) is 17.1 Å². The topological polar surface area (TPSA) is 60.0 Å². The van der Waals surface area contributed by atoms with Gasteiger partial charge in [-0.1, -0.05) is 6.07 Å². The van der Waals surface area contributed by atoms with E-state index in [9.17, 15) is 4.79 Å². The fraction of sp³-hybridized carbons (Fsp3) is 0.533. The average molecular weight is 292 g/mol. The second kappa shape index (κ2) is 5.81. The molecule has 21 heavy (non-hydrogen) atoms. The molecule has 6 heteroatoms. The minimum Gasteiger partial charge on any atom is -0.454 e. The Kier molecular flexibility index (Phi) is 3.88. The van der Waals surface area contributed by atoms with E-state index in [4.69, 9.17) is 14.2 Å². The summed E-state index contributed by atoms with van der Waals surface area (Å²) in [5.41, 5.74) is 0.988. The first kappa shape index (κ1) is 14.0. The summed E-state index contributed by atoms with van der Waals surface area (Å²) >= 11 is 0. The van der Waals surface area contributed by atoms with E-state index in [1.165, 1.54) is 0 Å². The lowest BCUT2D eigenvalue weighted by Crippen LogP contribution is -2.53. The molecule has 2 aliphatic heterocycles. The highest BCUT2D eigenvalue weighted by molar-refractivity contribution is 5.74. The number of fused-ring (bicyclic) bond motifs is 1. The van der Waals surface area contributed by atoms with Crippen LogP contribution in [-0.4, -0.2) is 43.0 Å². The minimum absolute atomic E-state index is 0.0599. The summed E-state index contributed by atoms with van der Waals surface area (Å²) in [5.74, 6) is 1.48. The SMILES string of the molecule is CC1CN(C(=O)NCc2ccc3c(c2)OCO3)C(C)CO1. The minimum atomic E-state index is -0.0599. The number of nitrogens with one attached hydrogen (secondary N) is 1. The monoisotopic (exact) mass is 292 g/mol. The van der Waals surface area contributed by atoms with Crippen LogP contribution in [0.1, 0.15) is 19.4 Å². The standard InChI is InChI=1S/C15H20N2O4/c1-10-8-19-11(2)7-17(10)15(18)16-6-12-3-4-13-14(5-12)21-9-20-13/h3-5,10-11H,6-9H2,1-2H3,(H,16,18). The van der Waals surface area contributed by atoms with Crippen molar-refractivity contribution in [1.82, 2.24) is 10.2 Å². The molecule has 1 fully saturated rings. The van der Waals surface area contributed by atoms with E-state index in [1.54, 1.807) is 0 Å². The molecule has 1 aromatic rings. The molecule has 0 aromatic heterocycles. The third-order valence-corrected chi connectivity index (χ3v) is 3.75. The van der Waals surface area contributed by atoms with Gasteiger partial charge in [0, 0.05) is 13.1 Å². The number of amides is 2. The smallest absolute Gasteiger partial charge is 0.318 e. The highest BCUT2D eigenvalue weighted by atomic mass is 16.7. The molecule has 0 radical (unpaired) electrons. The lowest BCUT2D eigenvalue weighted by atomic mass is 10.2. The molecule has 1 N–H and O–H groups in total. The third-order valence-electron chi connectivity index (χ3n) is 3.75. The van der Waals surface area contributed by atoms with Crippen LogP contribution in [0.2, 0.25) is 0 Å². The molecular weight excluding hydrogens is 272 g/mol. The molecule has 1 aromatic carbocycles. The Hall–Kier alpha value is -1.95. The molecule has 2 amide bonds. The zero-order valence-corrected chi connectivity index (χ0v) is 12.3. The summed E-state index contributed by atoms with van der Waals surface area (Å²) in [6.45, 7) is 5.89. The maximum Gasteiger partial charge on any atom is 0.318 e. The van der Waals surface area contributed by atoms with E-state index in [2.05, 4.69) is 5.32 Å². The van der Waals surface area contributed by atoms with Crippen molar-refractivity contribution in [2.24, 2.45) is 0 Å². The fourth-order valence-corrected chi connectivity index (χ4v) is 2.52. The molecule has 2 unspecified atom stereocenters. The Balaban J connectivity index is 1.58. The zero-order valence-electron chi connectivity index (χ0n) is 12.3. The van der Waals surface area contributed by atoms with Crippen LogP contribution in [0, 0.1) is 0 Å². The van der Waals surface area contributed by atoms with E-state index in [0.29, 0.717) is 19.7 Å². The van der Waals surface area contributed by atoms with Gasteiger partial charge >= 0.3 is 6.03 Å². The van der Waals surface area contributed by atoms with Gasteiger partial charge in [-0.15, -0.1) is 0 Å². The van der Waals surface area contributed by atoms with Crippen LogP contribution in [0.4, 0.5) is 4.79 Å². The predicted octanol–water partition coefficient (Wildman–Crippen LogP) is 1.73. The maximum absolute atomic E-state index is 12.3. The molecule has 2 heterocycles. The Morgan fingerprint density at radius 3 is 3.00 bits per heavy atom. The third kappa shape index (κ3) is 3.05. The van der Waals surface area contributed by atoms with Gasteiger partial charge in [0.25, 0.3) is 0 Å². The van der Waals surface area contributed by atoms with E-state index in [1.807, 2.05) is 36.9 Å². The molecule has 0 saturated carbocycles. The molecule has 2 atom stereocenters. The van der Waals surface area contributed by atoms with Crippen molar-refractivity contribution in [3.05, 3.63) is 23.8 Å². The molecule has 1 saturated heterocycles. The number of hydrogen-bond acceptors (Lipinski definition) is 4. The lowest BCUT2D eigenvalue weighted by Gasteiger charge is -2.36. The van der Waals surface area contributed by atoms with Gasteiger partial charge in [-0.2, -0.15) is 0 Å². The largest absolute Gasteiger partial charge is 0.454 e. The number of morpholine rings is 1. The van der Waals surface area contributed by atoms with Crippen LogP contribution in [0.15, 0.2) is 18.2 Å². The van der Waals surface area contributed by atoms with Crippen LogP contribution in [0.25, 0.3) is 0 Å². The van der Waals surface area contributed by atoms with Crippen molar-refractivity contribution in [2.45, 2.75) is 32.5 Å². The Morgan fingerprint density at radius 1 is 1.33 bits per heavy atom. The van der Waals surface area contributed by atoms with Crippen LogP contribution < -0.4 is 14.8 Å². The van der Waals surface area contributed by atoms with Gasteiger partial charge in [0.1, 0.15) is 0 Å². The first-order valence-electron chi connectivity index (χ1n) is 7.18. The number of urea groups is 1. The summed E-state index contributed by atoms with van der Waals surface area (Å²) in [7, 11) is 0. The number of ether oxygens (including phenoxy) is 3. The fourth-order valence-electron chi connectivity index (χ4n) is 2.52. The predicted molar refractivity (Wildman–Crippen MR) is 76.4 cm³/mol. The Bertz CT molecular complexity index is 534. The summed E-state index contributed by atoms with van der Waals surface area (Å²) in [4.78, 5) is 14.1. The average Bonchev–Trinajstić information content (AvgIpc) is 2.94. The van der Waals surface area contributed by atoms with Gasteiger partial charge in [0.15, 0.2) is 11.5 Å². The van der Waals surface area contributed by atoms with Crippen LogP contribution in [0.5, 0.6) is 11.5 Å². The quantitative estimate of drug-likeness (QED) is 0.902. The zero-order chi connectivity index (χ0) is 14.8. The van der Waals surface area contributed by atoms with Gasteiger partial charge in [-0.3, -0.25) is 0 Å².